The number of aryl methyl sites for hydroxylation is 1. The quantitative estimate of drug-likeness (QED) is 0.265. The molecule has 3 aromatic carbocycles. The Bertz CT molecular complexity index is 1630. The zero-order valence-electron chi connectivity index (χ0n) is 21.3. The summed E-state index contributed by atoms with van der Waals surface area (Å²) < 4.78 is 46.1. The molecule has 0 spiro atoms. The first kappa shape index (κ1) is 26.2. The summed E-state index contributed by atoms with van der Waals surface area (Å²) in [5, 5.41) is 10.3. The second-order valence-electron chi connectivity index (χ2n) is 8.99. The van der Waals surface area contributed by atoms with E-state index >= 15 is 0 Å². The summed E-state index contributed by atoms with van der Waals surface area (Å²) >= 11 is 0. The number of rotatable bonds is 8. The SMILES string of the molecule is CN=c1c2c(-c3ccccc3)c(-c3ccccc3)n(Cc3ccc(OC(F)(F)F)cc3)c2ncn1CCCO. The van der Waals surface area contributed by atoms with Crippen LogP contribution >= 0.6 is 0 Å². The smallest absolute Gasteiger partial charge is 0.406 e. The van der Waals surface area contributed by atoms with Gasteiger partial charge in [0, 0.05) is 32.3 Å². The summed E-state index contributed by atoms with van der Waals surface area (Å²) in [7, 11) is 1.73. The molecule has 2 aromatic heterocycles. The fraction of sp³-hybridized carbons (Fsp3) is 0.200. The molecule has 6 nitrogen and oxygen atoms in total. The lowest BCUT2D eigenvalue weighted by molar-refractivity contribution is -0.274. The van der Waals surface area contributed by atoms with Gasteiger partial charge in [0.25, 0.3) is 0 Å². The lowest BCUT2D eigenvalue weighted by Crippen LogP contribution is -2.23. The molecule has 0 atom stereocenters. The Morgan fingerprint density at radius 3 is 2.13 bits per heavy atom. The first-order valence-electron chi connectivity index (χ1n) is 12.5. The molecule has 0 aliphatic heterocycles. The minimum atomic E-state index is -4.75. The zero-order chi connectivity index (χ0) is 27.4. The van der Waals surface area contributed by atoms with Gasteiger partial charge in [-0.15, -0.1) is 13.2 Å². The molecule has 0 saturated heterocycles. The number of hydrogen-bond acceptors (Lipinski definition) is 4. The number of ether oxygens (including phenoxy) is 1. The van der Waals surface area contributed by atoms with Crippen molar-refractivity contribution in [1.29, 1.82) is 0 Å². The Morgan fingerprint density at radius 1 is 0.897 bits per heavy atom. The topological polar surface area (TPSA) is 64.6 Å². The first-order chi connectivity index (χ1) is 18.9. The number of aliphatic hydroxyl groups is 1. The van der Waals surface area contributed by atoms with Crippen LogP contribution in [-0.4, -0.2) is 39.2 Å². The average molecular weight is 533 g/mol. The van der Waals surface area contributed by atoms with Crippen LogP contribution in [-0.2, 0) is 13.1 Å². The minimum Gasteiger partial charge on any atom is -0.406 e. The summed E-state index contributed by atoms with van der Waals surface area (Å²) in [6.45, 7) is 0.952. The molecule has 0 unspecified atom stereocenters. The van der Waals surface area contributed by atoms with Gasteiger partial charge in [0.05, 0.1) is 17.4 Å². The number of nitrogens with zero attached hydrogens (tertiary/aromatic N) is 4. The van der Waals surface area contributed by atoms with Crippen molar-refractivity contribution < 1.29 is 23.0 Å². The van der Waals surface area contributed by atoms with Gasteiger partial charge < -0.3 is 19.0 Å². The Kier molecular flexibility index (Phi) is 7.51. The Labute approximate surface area is 223 Å². The standard InChI is InChI=1S/C30H27F3N4O2/c1-34-28-26-25(22-9-4-2-5-10-22)27(23-11-6-3-7-12-23)37(29(26)35-20-36(28)17-8-18-38)19-21-13-15-24(16-14-21)39-30(31,32)33/h2-7,9-16,20,38H,8,17-19H2,1H3. The molecule has 200 valence electrons. The number of benzene rings is 3. The van der Waals surface area contributed by atoms with E-state index in [1.807, 2.05) is 65.2 Å². The number of halogens is 3. The van der Waals surface area contributed by atoms with Crippen LogP contribution in [0.3, 0.4) is 0 Å². The minimum absolute atomic E-state index is 0.0457. The van der Waals surface area contributed by atoms with Gasteiger partial charge in [0.2, 0.25) is 0 Å². The number of fused-ring (bicyclic) bond motifs is 1. The van der Waals surface area contributed by atoms with Crippen molar-refractivity contribution >= 4 is 11.0 Å². The maximum absolute atomic E-state index is 12.7. The van der Waals surface area contributed by atoms with Crippen LogP contribution in [0.1, 0.15) is 12.0 Å². The van der Waals surface area contributed by atoms with E-state index in [-0.39, 0.29) is 12.4 Å². The monoisotopic (exact) mass is 532 g/mol. The average Bonchev–Trinajstić information content (AvgIpc) is 3.26. The maximum Gasteiger partial charge on any atom is 0.573 e. The third kappa shape index (κ3) is 5.58. The molecule has 0 aliphatic carbocycles. The molecular weight excluding hydrogens is 505 g/mol. The Morgan fingerprint density at radius 2 is 1.54 bits per heavy atom. The third-order valence-corrected chi connectivity index (χ3v) is 6.43. The molecular formula is C30H27F3N4O2. The molecule has 2 heterocycles. The molecule has 5 aromatic rings. The van der Waals surface area contributed by atoms with E-state index in [1.165, 1.54) is 12.1 Å². The summed E-state index contributed by atoms with van der Waals surface area (Å²) in [4.78, 5) is 9.49. The van der Waals surface area contributed by atoms with Crippen LogP contribution in [0.5, 0.6) is 5.75 Å². The van der Waals surface area contributed by atoms with E-state index in [0.717, 1.165) is 38.8 Å². The van der Waals surface area contributed by atoms with Gasteiger partial charge in [0.15, 0.2) is 0 Å². The second-order valence-corrected chi connectivity index (χ2v) is 8.99. The molecule has 0 bridgehead atoms. The van der Waals surface area contributed by atoms with Gasteiger partial charge in [-0.1, -0.05) is 72.8 Å². The van der Waals surface area contributed by atoms with E-state index in [0.29, 0.717) is 25.2 Å². The molecule has 0 saturated carbocycles. The van der Waals surface area contributed by atoms with Crippen LogP contribution in [0.25, 0.3) is 33.4 Å². The molecule has 0 aliphatic rings. The maximum atomic E-state index is 12.7. The van der Waals surface area contributed by atoms with Gasteiger partial charge in [-0.05, 0) is 35.2 Å². The summed E-state index contributed by atoms with van der Waals surface area (Å²) in [5.41, 5.74) is 6.05. The molecule has 5 rings (SSSR count). The molecule has 0 radical (unpaired) electrons. The van der Waals surface area contributed by atoms with Crippen LogP contribution in [0.2, 0.25) is 0 Å². The fourth-order valence-electron chi connectivity index (χ4n) is 4.83. The summed E-state index contributed by atoms with van der Waals surface area (Å²) in [6.07, 6.45) is -2.47. The normalized spacial score (nSPS) is 12.3. The highest BCUT2D eigenvalue weighted by molar-refractivity contribution is 6.02. The first-order valence-corrected chi connectivity index (χ1v) is 12.5. The highest BCUT2D eigenvalue weighted by Gasteiger charge is 2.31. The molecule has 0 amide bonds. The lowest BCUT2D eigenvalue weighted by atomic mass is 9.99. The van der Waals surface area contributed by atoms with E-state index < -0.39 is 6.36 Å². The van der Waals surface area contributed by atoms with Crippen LogP contribution in [0, 0.1) is 0 Å². The largest absolute Gasteiger partial charge is 0.573 e. The van der Waals surface area contributed by atoms with E-state index in [2.05, 4.69) is 14.3 Å². The van der Waals surface area contributed by atoms with E-state index in [1.54, 1.807) is 25.5 Å². The van der Waals surface area contributed by atoms with Crippen LogP contribution in [0.15, 0.2) is 96.2 Å². The van der Waals surface area contributed by atoms with Crippen molar-refractivity contribution in [3.63, 3.8) is 0 Å². The van der Waals surface area contributed by atoms with Gasteiger partial charge >= 0.3 is 6.36 Å². The number of hydrogen-bond donors (Lipinski definition) is 1. The second kappa shape index (κ2) is 11.2. The predicted molar refractivity (Wildman–Crippen MR) is 144 cm³/mol. The highest BCUT2D eigenvalue weighted by Crippen LogP contribution is 2.39. The van der Waals surface area contributed by atoms with Gasteiger partial charge in [-0.25, -0.2) is 4.98 Å². The zero-order valence-corrected chi connectivity index (χ0v) is 21.3. The van der Waals surface area contributed by atoms with E-state index in [4.69, 9.17) is 4.98 Å². The lowest BCUT2D eigenvalue weighted by Gasteiger charge is -2.14. The highest BCUT2D eigenvalue weighted by atomic mass is 19.4. The number of aromatic nitrogens is 3. The summed E-state index contributed by atoms with van der Waals surface area (Å²) in [6, 6.07) is 25.8. The van der Waals surface area contributed by atoms with Gasteiger partial charge in [-0.3, -0.25) is 4.99 Å². The van der Waals surface area contributed by atoms with E-state index in [9.17, 15) is 18.3 Å². The van der Waals surface area contributed by atoms with Crippen molar-refractivity contribution in [1.82, 2.24) is 14.1 Å². The van der Waals surface area contributed by atoms with Crippen LogP contribution in [0.4, 0.5) is 13.2 Å². The fourth-order valence-corrected chi connectivity index (χ4v) is 4.83. The van der Waals surface area contributed by atoms with Crippen molar-refractivity contribution in [3.05, 3.63) is 102 Å². The Balaban J connectivity index is 1.78. The number of aliphatic hydroxyl groups excluding tert-OH is 1. The molecule has 9 heteroatoms. The molecule has 0 fully saturated rings. The van der Waals surface area contributed by atoms with Gasteiger partial charge in [0.1, 0.15) is 16.9 Å². The molecule has 1 N–H and O–H groups in total. The van der Waals surface area contributed by atoms with Crippen molar-refractivity contribution in [2.24, 2.45) is 4.99 Å². The van der Waals surface area contributed by atoms with Gasteiger partial charge in [-0.2, -0.15) is 0 Å². The van der Waals surface area contributed by atoms with Crippen molar-refractivity contribution in [2.45, 2.75) is 25.9 Å². The van der Waals surface area contributed by atoms with Crippen LogP contribution < -0.4 is 10.2 Å². The third-order valence-electron chi connectivity index (χ3n) is 6.43. The van der Waals surface area contributed by atoms with Crippen molar-refractivity contribution in [3.8, 4) is 28.1 Å². The number of alkyl halides is 3. The predicted octanol–water partition coefficient (Wildman–Crippen LogP) is 6.03. The Hall–Kier alpha value is -4.37. The molecule has 39 heavy (non-hydrogen) atoms. The van der Waals surface area contributed by atoms with Crippen molar-refractivity contribution in [2.75, 3.05) is 13.7 Å². The summed E-state index contributed by atoms with van der Waals surface area (Å²) in [5.74, 6) is -0.271.